The summed E-state index contributed by atoms with van der Waals surface area (Å²) in [5, 5.41) is 0. The van der Waals surface area contributed by atoms with E-state index < -0.39 is 16.8 Å². The molecule has 0 bridgehead atoms. The molecule has 3 nitrogen and oxygen atoms in total. The summed E-state index contributed by atoms with van der Waals surface area (Å²) in [7, 11) is -1.30. The number of carbonyl (C=O) groups excluding carboxylic acids is 1. The lowest BCUT2D eigenvalue weighted by molar-refractivity contribution is -0.144. The number of esters is 1. The highest BCUT2D eigenvalue weighted by atomic mass is 32.2. The van der Waals surface area contributed by atoms with Crippen LogP contribution in [0.4, 0.5) is 0 Å². The van der Waals surface area contributed by atoms with Crippen molar-refractivity contribution in [2.24, 2.45) is 0 Å². The summed E-state index contributed by atoms with van der Waals surface area (Å²) in [5.74, 6) is -0.458. The molecule has 0 heterocycles. The standard InChI is InChI=1S/C14H18O3S/c1-10(2)17-14(15)9-18(16)13-7-6-11-4-3-5-12(11)8-13/h6-8,10H,3-5,9H2,1-2H3. The molecule has 0 aliphatic heterocycles. The second kappa shape index (κ2) is 5.65. The van der Waals surface area contributed by atoms with Crippen molar-refractivity contribution < 1.29 is 13.7 Å². The summed E-state index contributed by atoms with van der Waals surface area (Å²) in [5.41, 5.74) is 2.62. The molecule has 0 amide bonds. The quantitative estimate of drug-likeness (QED) is 0.785. The van der Waals surface area contributed by atoms with E-state index >= 15 is 0 Å². The number of rotatable bonds is 4. The number of benzene rings is 1. The van der Waals surface area contributed by atoms with Gasteiger partial charge in [0, 0.05) is 4.90 Å². The fraction of sp³-hybridized carbons (Fsp3) is 0.500. The van der Waals surface area contributed by atoms with Crippen LogP contribution in [0, 0.1) is 0 Å². The number of hydrogen-bond acceptors (Lipinski definition) is 3. The predicted octanol–water partition coefficient (Wildman–Crippen LogP) is 2.23. The van der Waals surface area contributed by atoms with Gasteiger partial charge < -0.3 is 4.74 Å². The molecule has 1 aliphatic carbocycles. The molecule has 0 fully saturated rings. The van der Waals surface area contributed by atoms with Crippen molar-refractivity contribution in [3.8, 4) is 0 Å². The third-order valence-electron chi connectivity index (χ3n) is 2.95. The van der Waals surface area contributed by atoms with Crippen LogP contribution in [0.5, 0.6) is 0 Å². The molecule has 98 valence electrons. The van der Waals surface area contributed by atoms with Crippen LogP contribution in [0.2, 0.25) is 0 Å². The van der Waals surface area contributed by atoms with Crippen LogP contribution < -0.4 is 0 Å². The minimum atomic E-state index is -1.30. The molecule has 0 aromatic heterocycles. The monoisotopic (exact) mass is 266 g/mol. The Labute approximate surface area is 110 Å². The summed E-state index contributed by atoms with van der Waals surface area (Å²) in [6, 6.07) is 5.87. The molecule has 18 heavy (non-hydrogen) atoms. The van der Waals surface area contributed by atoms with Crippen molar-refractivity contribution in [1.29, 1.82) is 0 Å². The number of aryl methyl sites for hydroxylation is 2. The highest BCUT2D eigenvalue weighted by Crippen LogP contribution is 2.24. The van der Waals surface area contributed by atoms with Crippen LogP contribution in [-0.4, -0.2) is 22.0 Å². The van der Waals surface area contributed by atoms with E-state index in [-0.39, 0.29) is 11.9 Å². The van der Waals surface area contributed by atoms with Gasteiger partial charge >= 0.3 is 5.97 Å². The zero-order chi connectivity index (χ0) is 13.1. The number of fused-ring (bicyclic) bond motifs is 1. The topological polar surface area (TPSA) is 43.4 Å². The second-order valence-electron chi connectivity index (χ2n) is 4.81. The Kier molecular flexibility index (Phi) is 4.17. The molecule has 4 heteroatoms. The summed E-state index contributed by atoms with van der Waals surface area (Å²) >= 11 is 0. The molecule has 0 radical (unpaired) electrons. The molecule has 1 atom stereocenters. The van der Waals surface area contributed by atoms with Crippen molar-refractivity contribution in [1.82, 2.24) is 0 Å². The zero-order valence-corrected chi connectivity index (χ0v) is 11.6. The van der Waals surface area contributed by atoms with Crippen LogP contribution in [0.25, 0.3) is 0 Å². The minimum Gasteiger partial charge on any atom is -0.462 e. The van der Waals surface area contributed by atoms with Gasteiger partial charge in [0.05, 0.1) is 16.9 Å². The van der Waals surface area contributed by atoms with Gasteiger partial charge in [-0.05, 0) is 56.4 Å². The van der Waals surface area contributed by atoms with Crippen LogP contribution >= 0.6 is 0 Å². The molecular formula is C14H18O3S. The lowest BCUT2D eigenvalue weighted by Crippen LogP contribution is -2.18. The van der Waals surface area contributed by atoms with Gasteiger partial charge in [-0.3, -0.25) is 9.00 Å². The van der Waals surface area contributed by atoms with E-state index in [9.17, 15) is 9.00 Å². The van der Waals surface area contributed by atoms with Crippen LogP contribution in [0.1, 0.15) is 31.4 Å². The Balaban J connectivity index is 2.03. The smallest absolute Gasteiger partial charge is 0.319 e. The van der Waals surface area contributed by atoms with E-state index in [1.165, 1.54) is 17.5 Å². The normalized spacial score (nSPS) is 15.5. The number of ether oxygens (including phenoxy) is 1. The first-order valence-corrected chi connectivity index (χ1v) is 7.58. The number of hydrogen-bond donors (Lipinski definition) is 0. The van der Waals surface area contributed by atoms with E-state index in [2.05, 4.69) is 0 Å². The first-order chi connectivity index (χ1) is 8.56. The van der Waals surface area contributed by atoms with Gasteiger partial charge in [0.2, 0.25) is 0 Å². The SMILES string of the molecule is CC(C)OC(=O)CS(=O)c1ccc2c(c1)CCC2. The van der Waals surface area contributed by atoms with Crippen molar-refractivity contribution in [2.45, 2.75) is 44.1 Å². The Morgan fingerprint density at radius 3 is 2.78 bits per heavy atom. The van der Waals surface area contributed by atoms with Gasteiger partial charge in [-0.2, -0.15) is 0 Å². The maximum absolute atomic E-state index is 12.0. The van der Waals surface area contributed by atoms with Crippen LogP contribution in [-0.2, 0) is 33.2 Å². The third-order valence-corrected chi connectivity index (χ3v) is 4.23. The predicted molar refractivity (Wildman–Crippen MR) is 71.0 cm³/mol. The zero-order valence-electron chi connectivity index (χ0n) is 10.8. The van der Waals surface area contributed by atoms with Gasteiger partial charge in [-0.15, -0.1) is 0 Å². The Morgan fingerprint density at radius 1 is 1.33 bits per heavy atom. The van der Waals surface area contributed by atoms with Crippen molar-refractivity contribution in [3.63, 3.8) is 0 Å². The summed E-state index contributed by atoms with van der Waals surface area (Å²) in [6.07, 6.45) is 3.17. The lowest BCUT2D eigenvalue weighted by atomic mass is 10.1. The molecule has 0 N–H and O–H groups in total. The minimum absolute atomic E-state index is 0.0586. The van der Waals surface area contributed by atoms with E-state index in [0.29, 0.717) is 0 Å². The van der Waals surface area contributed by atoms with Gasteiger partial charge in [0.25, 0.3) is 0 Å². The Bertz CT molecular complexity index is 480. The van der Waals surface area contributed by atoms with Crippen molar-refractivity contribution >= 4 is 16.8 Å². The maximum Gasteiger partial charge on any atom is 0.319 e. The van der Waals surface area contributed by atoms with E-state index in [0.717, 1.165) is 17.7 Å². The Morgan fingerprint density at radius 2 is 2.06 bits per heavy atom. The average Bonchev–Trinajstić information content (AvgIpc) is 2.74. The molecule has 0 saturated carbocycles. The molecule has 2 rings (SSSR count). The molecule has 0 saturated heterocycles. The fourth-order valence-corrected chi connectivity index (χ4v) is 3.12. The molecule has 0 spiro atoms. The molecule has 1 aromatic carbocycles. The van der Waals surface area contributed by atoms with Gasteiger partial charge in [0.1, 0.15) is 5.75 Å². The highest BCUT2D eigenvalue weighted by Gasteiger charge is 2.16. The molecule has 1 aromatic rings. The lowest BCUT2D eigenvalue weighted by Gasteiger charge is -2.08. The number of carbonyl (C=O) groups is 1. The molecular weight excluding hydrogens is 248 g/mol. The van der Waals surface area contributed by atoms with Crippen LogP contribution in [0.15, 0.2) is 23.1 Å². The van der Waals surface area contributed by atoms with E-state index in [1.54, 1.807) is 13.8 Å². The maximum atomic E-state index is 12.0. The van der Waals surface area contributed by atoms with Gasteiger partial charge in [-0.1, -0.05) is 6.07 Å². The first-order valence-electron chi connectivity index (χ1n) is 6.26. The average molecular weight is 266 g/mol. The van der Waals surface area contributed by atoms with E-state index in [1.807, 2.05) is 18.2 Å². The van der Waals surface area contributed by atoms with Crippen molar-refractivity contribution in [3.05, 3.63) is 29.3 Å². The largest absolute Gasteiger partial charge is 0.462 e. The van der Waals surface area contributed by atoms with E-state index in [4.69, 9.17) is 4.74 Å². The fourth-order valence-electron chi connectivity index (χ4n) is 2.18. The molecule has 1 unspecified atom stereocenters. The summed E-state index contributed by atoms with van der Waals surface area (Å²) < 4.78 is 17.0. The highest BCUT2D eigenvalue weighted by molar-refractivity contribution is 7.85. The second-order valence-corrected chi connectivity index (χ2v) is 6.26. The van der Waals surface area contributed by atoms with Crippen LogP contribution in [0.3, 0.4) is 0 Å². The summed E-state index contributed by atoms with van der Waals surface area (Å²) in [4.78, 5) is 12.2. The first kappa shape index (κ1) is 13.3. The third kappa shape index (κ3) is 3.19. The summed E-state index contributed by atoms with van der Waals surface area (Å²) in [6.45, 7) is 3.58. The molecule has 1 aliphatic rings. The Hall–Kier alpha value is -1.16. The van der Waals surface area contributed by atoms with Gasteiger partial charge in [-0.25, -0.2) is 0 Å². The van der Waals surface area contributed by atoms with Crippen molar-refractivity contribution in [2.75, 3.05) is 5.75 Å². The van der Waals surface area contributed by atoms with Gasteiger partial charge in [0.15, 0.2) is 0 Å².